The molecule has 39 heavy (non-hydrogen) atoms. The maximum absolute atomic E-state index is 13.5. The number of fused-ring (bicyclic) bond motifs is 1. The van der Waals surface area contributed by atoms with Gasteiger partial charge in [-0.05, 0) is 31.2 Å². The normalized spacial score (nSPS) is 11.4. The number of rotatable bonds is 5. The number of nitrogens with two attached hydrogens (primary N) is 1. The average molecular weight is 548 g/mol. The van der Waals surface area contributed by atoms with Crippen molar-refractivity contribution >= 4 is 27.7 Å². The number of aromatic nitrogens is 5. The molecule has 0 aliphatic heterocycles. The van der Waals surface area contributed by atoms with E-state index in [0.717, 1.165) is 29.2 Å². The van der Waals surface area contributed by atoms with E-state index in [2.05, 4.69) is 31.0 Å². The molecule has 1 amide bonds. The summed E-state index contributed by atoms with van der Waals surface area (Å²) in [6.45, 7) is 1.63. The lowest BCUT2D eigenvalue weighted by molar-refractivity contribution is -0.141. The van der Waals surface area contributed by atoms with Crippen LogP contribution in [0, 0.1) is 18.3 Å². The number of hydrogen-bond donors (Lipinski definition) is 1. The maximum atomic E-state index is 13.5. The van der Waals surface area contributed by atoms with E-state index in [1.807, 2.05) is 0 Å². The molecule has 0 bridgehead atoms. The van der Waals surface area contributed by atoms with Crippen molar-refractivity contribution < 1.29 is 22.7 Å². The van der Waals surface area contributed by atoms with Crippen molar-refractivity contribution in [3.63, 3.8) is 0 Å². The van der Waals surface area contributed by atoms with E-state index in [4.69, 9.17) is 15.7 Å². The molecule has 0 spiro atoms. The van der Waals surface area contributed by atoms with Crippen LogP contribution in [-0.2, 0) is 6.18 Å². The molecule has 194 valence electrons. The van der Waals surface area contributed by atoms with Crippen LogP contribution < -0.4 is 10.5 Å². The van der Waals surface area contributed by atoms with Crippen LogP contribution in [0.3, 0.4) is 0 Å². The number of methoxy groups -OCH3 is 1. The number of alkyl halides is 3. The molecule has 0 saturated carbocycles. The average Bonchev–Trinajstić information content (AvgIpc) is 3.35. The summed E-state index contributed by atoms with van der Waals surface area (Å²) in [5.41, 5.74) is 7.05. The second-order valence-corrected chi connectivity index (χ2v) is 9.24. The van der Waals surface area contributed by atoms with Gasteiger partial charge in [0.1, 0.15) is 22.1 Å². The van der Waals surface area contributed by atoms with Crippen LogP contribution in [0.2, 0.25) is 0 Å². The SMILES string of the molecule is COc1cnc(C(F)(F)F)cc1-c1cc(C)nc(-c2nc3ncc(-c4ccc(C#N)cc4)nc3s2)c1C(N)=O. The van der Waals surface area contributed by atoms with Gasteiger partial charge in [-0.3, -0.25) is 4.79 Å². The Morgan fingerprint density at radius 3 is 2.44 bits per heavy atom. The fourth-order valence-corrected chi connectivity index (χ4v) is 4.83. The Bertz CT molecular complexity index is 1800. The van der Waals surface area contributed by atoms with Crippen molar-refractivity contribution in [1.82, 2.24) is 24.9 Å². The fourth-order valence-electron chi connectivity index (χ4n) is 3.94. The van der Waals surface area contributed by atoms with Gasteiger partial charge in [0.25, 0.3) is 5.91 Å². The quantitative estimate of drug-likeness (QED) is 0.317. The maximum Gasteiger partial charge on any atom is 0.433 e. The number of ether oxygens (including phenoxy) is 1. The third-order valence-corrected chi connectivity index (χ3v) is 6.64. The summed E-state index contributed by atoms with van der Waals surface area (Å²) in [5.74, 6) is -0.903. The first kappa shape index (κ1) is 25.7. The Morgan fingerprint density at radius 1 is 1.05 bits per heavy atom. The number of nitrogens with zero attached hydrogens (tertiary/aromatic N) is 6. The standard InChI is InChI=1S/C26H16F3N7O2S/c1-12-7-16(15-8-19(26(27,28)29)32-11-18(15)38-2)20(22(31)37)21(34-12)24-36-23-25(39-24)35-17(10-33-23)14-5-3-13(9-30)4-6-14/h3-8,10-11H,1-2H3,(H2,31,37). The van der Waals surface area contributed by atoms with Gasteiger partial charge in [-0.15, -0.1) is 0 Å². The molecule has 0 aliphatic rings. The van der Waals surface area contributed by atoms with Crippen LogP contribution in [0.4, 0.5) is 13.2 Å². The fraction of sp³-hybridized carbons (Fsp3) is 0.115. The van der Waals surface area contributed by atoms with E-state index in [9.17, 15) is 18.0 Å². The summed E-state index contributed by atoms with van der Waals surface area (Å²) in [6, 6.07) is 11.1. The second-order valence-electron chi connectivity index (χ2n) is 8.26. The summed E-state index contributed by atoms with van der Waals surface area (Å²) < 4.78 is 45.7. The van der Waals surface area contributed by atoms with Crippen molar-refractivity contribution in [2.24, 2.45) is 5.73 Å². The molecule has 5 aromatic rings. The number of hydrogen-bond acceptors (Lipinski definition) is 9. The highest BCUT2D eigenvalue weighted by Crippen LogP contribution is 2.40. The Hall–Kier alpha value is -4.96. The summed E-state index contributed by atoms with van der Waals surface area (Å²) in [5, 5.41) is 9.27. The number of carbonyl (C=O) groups excluding carboxylic acids is 1. The van der Waals surface area contributed by atoms with Gasteiger partial charge in [0.05, 0.1) is 42.4 Å². The molecule has 0 fully saturated rings. The molecule has 4 heterocycles. The van der Waals surface area contributed by atoms with Gasteiger partial charge in [-0.25, -0.2) is 24.9 Å². The summed E-state index contributed by atoms with van der Waals surface area (Å²) in [4.78, 5) is 34.5. The zero-order valence-electron chi connectivity index (χ0n) is 20.2. The number of benzene rings is 1. The minimum absolute atomic E-state index is 0.0155. The Morgan fingerprint density at radius 2 is 1.79 bits per heavy atom. The van der Waals surface area contributed by atoms with Crippen molar-refractivity contribution in [3.05, 3.63) is 71.3 Å². The highest BCUT2D eigenvalue weighted by Gasteiger charge is 2.34. The van der Waals surface area contributed by atoms with E-state index in [-0.39, 0.29) is 38.8 Å². The number of primary amides is 1. The minimum Gasteiger partial charge on any atom is -0.494 e. The lowest BCUT2D eigenvalue weighted by Gasteiger charge is -2.16. The van der Waals surface area contributed by atoms with Crippen LogP contribution >= 0.6 is 11.3 Å². The third-order valence-electron chi connectivity index (χ3n) is 5.70. The molecule has 9 nitrogen and oxygen atoms in total. The Kier molecular flexibility index (Phi) is 6.41. The molecule has 1 aromatic carbocycles. The highest BCUT2D eigenvalue weighted by atomic mass is 32.1. The number of amides is 1. The van der Waals surface area contributed by atoms with Crippen LogP contribution in [0.25, 0.3) is 43.6 Å². The van der Waals surface area contributed by atoms with Crippen molar-refractivity contribution in [2.45, 2.75) is 13.1 Å². The van der Waals surface area contributed by atoms with Gasteiger partial charge in [-0.1, -0.05) is 23.5 Å². The van der Waals surface area contributed by atoms with Crippen LogP contribution in [0.1, 0.15) is 27.3 Å². The van der Waals surface area contributed by atoms with Gasteiger partial charge >= 0.3 is 6.18 Å². The summed E-state index contributed by atoms with van der Waals surface area (Å²) in [6.07, 6.45) is -2.26. The zero-order valence-corrected chi connectivity index (χ0v) is 21.1. The topological polar surface area (TPSA) is 141 Å². The smallest absolute Gasteiger partial charge is 0.433 e. The molecule has 5 rings (SSSR count). The number of pyridine rings is 2. The van der Waals surface area contributed by atoms with E-state index < -0.39 is 17.8 Å². The first-order chi connectivity index (χ1) is 18.6. The van der Waals surface area contributed by atoms with E-state index in [1.165, 1.54) is 19.4 Å². The van der Waals surface area contributed by atoms with E-state index in [0.29, 0.717) is 21.8 Å². The number of thiazole rings is 1. The first-order valence-corrected chi connectivity index (χ1v) is 12.0. The molecule has 0 saturated heterocycles. The predicted molar refractivity (Wildman–Crippen MR) is 137 cm³/mol. The van der Waals surface area contributed by atoms with Crippen molar-refractivity contribution in [2.75, 3.05) is 7.11 Å². The molecule has 13 heteroatoms. The molecular formula is C26H16F3N7O2S. The third kappa shape index (κ3) is 4.85. The van der Waals surface area contributed by atoms with Gasteiger partial charge in [0.15, 0.2) is 10.5 Å². The lowest BCUT2D eigenvalue weighted by atomic mass is 9.96. The minimum atomic E-state index is -4.73. The van der Waals surface area contributed by atoms with Crippen LogP contribution in [-0.4, -0.2) is 37.9 Å². The molecule has 0 aliphatic carbocycles. The summed E-state index contributed by atoms with van der Waals surface area (Å²) in [7, 11) is 1.28. The molecule has 2 N–H and O–H groups in total. The van der Waals surface area contributed by atoms with Gasteiger partial charge < -0.3 is 10.5 Å². The van der Waals surface area contributed by atoms with E-state index in [1.54, 1.807) is 31.2 Å². The molecule has 0 radical (unpaired) electrons. The molecule has 4 aromatic heterocycles. The van der Waals surface area contributed by atoms with Crippen molar-refractivity contribution in [1.29, 1.82) is 5.26 Å². The Labute approximate surface area is 222 Å². The number of halogens is 3. The number of carbonyl (C=O) groups is 1. The highest BCUT2D eigenvalue weighted by molar-refractivity contribution is 7.21. The van der Waals surface area contributed by atoms with Gasteiger partial charge in [-0.2, -0.15) is 18.4 Å². The number of nitriles is 1. The second kappa shape index (κ2) is 9.73. The summed E-state index contributed by atoms with van der Waals surface area (Å²) >= 11 is 1.10. The predicted octanol–water partition coefficient (Wildman–Crippen LogP) is 5.18. The zero-order chi connectivity index (χ0) is 27.9. The van der Waals surface area contributed by atoms with Crippen LogP contribution in [0.5, 0.6) is 5.75 Å². The monoisotopic (exact) mass is 547 g/mol. The van der Waals surface area contributed by atoms with Gasteiger partial charge in [0, 0.05) is 22.4 Å². The van der Waals surface area contributed by atoms with Crippen LogP contribution in [0.15, 0.2) is 48.8 Å². The molecule has 0 unspecified atom stereocenters. The Balaban J connectivity index is 1.69. The molecule has 0 atom stereocenters. The molecular weight excluding hydrogens is 531 g/mol. The van der Waals surface area contributed by atoms with Gasteiger partial charge in [0.2, 0.25) is 0 Å². The lowest BCUT2D eigenvalue weighted by Crippen LogP contribution is -2.16. The number of aryl methyl sites for hydroxylation is 1. The van der Waals surface area contributed by atoms with Crippen molar-refractivity contribution in [3.8, 4) is 44.9 Å². The largest absolute Gasteiger partial charge is 0.494 e. The van der Waals surface area contributed by atoms with E-state index >= 15 is 0 Å². The first-order valence-electron chi connectivity index (χ1n) is 11.2.